The molecular formula is C12H20N2OS2. The summed E-state index contributed by atoms with van der Waals surface area (Å²) in [6.45, 7) is 2.28. The lowest BCUT2D eigenvalue weighted by molar-refractivity contribution is 0.284. The molecule has 1 aromatic heterocycles. The maximum atomic E-state index is 9.35. The van der Waals surface area contributed by atoms with E-state index in [9.17, 15) is 5.11 Å². The molecule has 1 aliphatic heterocycles. The van der Waals surface area contributed by atoms with E-state index < -0.39 is 0 Å². The molecule has 3 nitrogen and oxygen atoms in total. The van der Waals surface area contributed by atoms with Gasteiger partial charge in [0.15, 0.2) is 5.13 Å². The summed E-state index contributed by atoms with van der Waals surface area (Å²) in [5, 5.41) is 10.4. The number of aliphatic hydroxyl groups is 1. The molecule has 1 N–H and O–H groups in total. The molecule has 2 heterocycles. The zero-order valence-electron chi connectivity index (χ0n) is 10.5. The van der Waals surface area contributed by atoms with Gasteiger partial charge in [-0.3, -0.25) is 0 Å². The van der Waals surface area contributed by atoms with E-state index in [0.717, 1.165) is 28.5 Å². The van der Waals surface area contributed by atoms with Gasteiger partial charge in [-0.15, -0.1) is 0 Å². The molecule has 2 rings (SSSR count). The van der Waals surface area contributed by atoms with Crippen LogP contribution in [-0.2, 0) is 13.0 Å². The number of rotatable bonds is 5. The van der Waals surface area contributed by atoms with E-state index in [1.54, 1.807) is 11.3 Å². The van der Waals surface area contributed by atoms with E-state index in [2.05, 4.69) is 18.9 Å². The number of thiazole rings is 1. The number of aryl methyl sites for hydroxylation is 1. The highest BCUT2D eigenvalue weighted by atomic mass is 32.2. The fourth-order valence-corrected chi connectivity index (χ4v) is 4.33. The lowest BCUT2D eigenvalue weighted by atomic mass is 10.2. The predicted octanol–water partition coefficient (Wildman–Crippen LogP) is 2.53. The number of anilines is 1. The van der Waals surface area contributed by atoms with E-state index in [4.69, 9.17) is 4.98 Å². The van der Waals surface area contributed by atoms with Crippen molar-refractivity contribution in [2.75, 3.05) is 23.5 Å². The Morgan fingerprint density at radius 2 is 2.35 bits per heavy atom. The van der Waals surface area contributed by atoms with Gasteiger partial charge in [0.05, 0.1) is 17.2 Å². The Balaban J connectivity index is 2.14. The molecule has 1 fully saturated rings. The highest BCUT2D eigenvalue weighted by molar-refractivity contribution is 7.99. The third-order valence-corrected chi connectivity index (χ3v) is 5.47. The largest absolute Gasteiger partial charge is 0.391 e. The molecule has 0 aliphatic carbocycles. The van der Waals surface area contributed by atoms with Gasteiger partial charge in [-0.1, -0.05) is 24.7 Å². The SMILES string of the molecule is CCCc1nc(N(C)C2CCSC2)sc1CO. The molecule has 1 unspecified atom stereocenters. The molecule has 0 spiro atoms. The Bertz CT molecular complexity index is 361. The lowest BCUT2D eigenvalue weighted by Gasteiger charge is -2.22. The quantitative estimate of drug-likeness (QED) is 0.893. The molecule has 1 atom stereocenters. The maximum absolute atomic E-state index is 9.35. The molecule has 0 amide bonds. The molecule has 1 saturated heterocycles. The summed E-state index contributed by atoms with van der Waals surface area (Å²) in [7, 11) is 2.13. The molecule has 96 valence electrons. The first-order valence-corrected chi connectivity index (χ1v) is 8.13. The predicted molar refractivity (Wildman–Crippen MR) is 76.2 cm³/mol. The summed E-state index contributed by atoms with van der Waals surface area (Å²) < 4.78 is 0. The van der Waals surface area contributed by atoms with Gasteiger partial charge in [0.25, 0.3) is 0 Å². The fraction of sp³-hybridized carbons (Fsp3) is 0.750. The zero-order valence-corrected chi connectivity index (χ0v) is 12.1. The van der Waals surface area contributed by atoms with Crippen molar-refractivity contribution in [3.8, 4) is 0 Å². The van der Waals surface area contributed by atoms with Crippen molar-refractivity contribution >= 4 is 28.2 Å². The van der Waals surface area contributed by atoms with Crippen LogP contribution >= 0.6 is 23.1 Å². The van der Waals surface area contributed by atoms with Crippen LogP contribution in [0.1, 0.15) is 30.3 Å². The highest BCUT2D eigenvalue weighted by Crippen LogP contribution is 2.31. The highest BCUT2D eigenvalue weighted by Gasteiger charge is 2.23. The number of hydrogen-bond donors (Lipinski definition) is 1. The minimum atomic E-state index is 0.125. The maximum Gasteiger partial charge on any atom is 0.185 e. The third-order valence-electron chi connectivity index (χ3n) is 3.15. The Kier molecular flexibility index (Phi) is 4.70. The molecule has 1 aromatic rings. The third kappa shape index (κ3) is 2.95. The van der Waals surface area contributed by atoms with E-state index in [1.165, 1.54) is 17.9 Å². The van der Waals surface area contributed by atoms with Crippen LogP contribution in [0.5, 0.6) is 0 Å². The van der Waals surface area contributed by atoms with Crippen molar-refractivity contribution in [3.63, 3.8) is 0 Å². The summed E-state index contributed by atoms with van der Waals surface area (Å²) in [5.74, 6) is 2.46. The topological polar surface area (TPSA) is 36.4 Å². The van der Waals surface area contributed by atoms with Crippen LogP contribution in [0.2, 0.25) is 0 Å². The van der Waals surface area contributed by atoms with Gasteiger partial charge < -0.3 is 10.0 Å². The van der Waals surface area contributed by atoms with Crippen molar-refractivity contribution in [2.45, 2.75) is 38.8 Å². The second-order valence-electron chi connectivity index (χ2n) is 4.40. The standard InChI is InChI=1S/C12H20N2OS2/c1-3-4-10-11(7-15)17-12(13-10)14(2)9-5-6-16-8-9/h9,15H,3-8H2,1-2H3. The van der Waals surface area contributed by atoms with Crippen molar-refractivity contribution in [2.24, 2.45) is 0 Å². The minimum absolute atomic E-state index is 0.125. The second kappa shape index (κ2) is 6.07. The molecular weight excluding hydrogens is 252 g/mol. The van der Waals surface area contributed by atoms with Crippen molar-refractivity contribution in [1.82, 2.24) is 4.98 Å². The van der Waals surface area contributed by atoms with E-state index in [0.29, 0.717) is 6.04 Å². The normalized spacial score (nSPS) is 19.8. The van der Waals surface area contributed by atoms with Crippen LogP contribution in [0.25, 0.3) is 0 Å². The number of hydrogen-bond acceptors (Lipinski definition) is 5. The first kappa shape index (κ1) is 13.2. The van der Waals surface area contributed by atoms with Crippen molar-refractivity contribution in [3.05, 3.63) is 10.6 Å². The molecule has 0 radical (unpaired) electrons. The van der Waals surface area contributed by atoms with Gasteiger partial charge >= 0.3 is 0 Å². The minimum Gasteiger partial charge on any atom is -0.391 e. The Hall–Kier alpha value is -0.260. The molecule has 5 heteroatoms. The molecule has 0 saturated carbocycles. The fourth-order valence-electron chi connectivity index (χ4n) is 2.06. The summed E-state index contributed by atoms with van der Waals surface area (Å²) in [6.07, 6.45) is 3.30. The summed E-state index contributed by atoms with van der Waals surface area (Å²) in [5.41, 5.74) is 1.09. The van der Waals surface area contributed by atoms with Crippen molar-refractivity contribution in [1.29, 1.82) is 0 Å². The molecule has 0 bridgehead atoms. The monoisotopic (exact) mass is 272 g/mol. The van der Waals surface area contributed by atoms with Crippen LogP contribution < -0.4 is 4.90 Å². The smallest absolute Gasteiger partial charge is 0.185 e. The first-order valence-electron chi connectivity index (χ1n) is 6.16. The lowest BCUT2D eigenvalue weighted by Crippen LogP contribution is -2.31. The Morgan fingerprint density at radius 1 is 1.53 bits per heavy atom. The average molecular weight is 272 g/mol. The number of nitrogens with zero attached hydrogens (tertiary/aromatic N) is 2. The number of thioether (sulfide) groups is 1. The summed E-state index contributed by atoms with van der Waals surface area (Å²) in [4.78, 5) is 8.03. The molecule has 1 aliphatic rings. The summed E-state index contributed by atoms with van der Waals surface area (Å²) in [6, 6.07) is 0.618. The van der Waals surface area contributed by atoms with E-state index in [1.807, 2.05) is 11.8 Å². The molecule has 0 aromatic carbocycles. The van der Waals surface area contributed by atoms with Crippen LogP contribution in [0.4, 0.5) is 5.13 Å². The average Bonchev–Trinajstić information content (AvgIpc) is 2.97. The first-order chi connectivity index (χ1) is 8.26. The Morgan fingerprint density at radius 3 is 2.94 bits per heavy atom. The van der Waals surface area contributed by atoms with Gasteiger partial charge in [0.1, 0.15) is 0 Å². The zero-order chi connectivity index (χ0) is 12.3. The van der Waals surface area contributed by atoms with E-state index >= 15 is 0 Å². The Labute approximate surface area is 111 Å². The van der Waals surface area contributed by atoms with E-state index in [-0.39, 0.29) is 6.61 Å². The molecule has 17 heavy (non-hydrogen) atoms. The van der Waals surface area contributed by atoms with Gasteiger partial charge in [-0.2, -0.15) is 11.8 Å². The summed E-state index contributed by atoms with van der Waals surface area (Å²) >= 11 is 3.67. The second-order valence-corrected chi connectivity index (χ2v) is 6.61. The van der Waals surface area contributed by atoms with Crippen molar-refractivity contribution < 1.29 is 5.11 Å². The van der Waals surface area contributed by atoms with Crippen LogP contribution in [0.3, 0.4) is 0 Å². The van der Waals surface area contributed by atoms with Gasteiger partial charge in [-0.05, 0) is 18.6 Å². The number of aliphatic hydroxyl groups excluding tert-OH is 1. The number of aromatic nitrogens is 1. The van der Waals surface area contributed by atoms with Crippen LogP contribution in [-0.4, -0.2) is 34.7 Å². The van der Waals surface area contributed by atoms with Gasteiger partial charge in [-0.25, -0.2) is 4.98 Å². The van der Waals surface area contributed by atoms with Gasteiger partial charge in [0, 0.05) is 18.8 Å². The van der Waals surface area contributed by atoms with Crippen LogP contribution in [0.15, 0.2) is 0 Å². The van der Waals surface area contributed by atoms with Gasteiger partial charge in [0.2, 0.25) is 0 Å². The van der Waals surface area contributed by atoms with Crippen LogP contribution in [0, 0.1) is 0 Å².